The van der Waals surface area contributed by atoms with Gasteiger partial charge in [0.25, 0.3) is 0 Å². The van der Waals surface area contributed by atoms with E-state index in [4.69, 9.17) is 21.0 Å². The van der Waals surface area contributed by atoms with E-state index in [-0.39, 0.29) is 0 Å². The van der Waals surface area contributed by atoms with Crippen molar-refractivity contribution >= 4 is 22.8 Å². The average Bonchev–Trinajstić information content (AvgIpc) is 3.45. The van der Waals surface area contributed by atoms with Gasteiger partial charge in [-0.15, -0.1) is 0 Å². The quantitative estimate of drug-likeness (QED) is 0.234. The lowest BCUT2D eigenvalue weighted by atomic mass is 10.0. The van der Waals surface area contributed by atoms with E-state index in [0.717, 1.165) is 72.0 Å². The van der Waals surface area contributed by atoms with Crippen molar-refractivity contribution < 1.29 is 0 Å². The highest BCUT2D eigenvalue weighted by Crippen LogP contribution is 2.32. The molecule has 9 heteroatoms. The van der Waals surface area contributed by atoms with Gasteiger partial charge in [-0.2, -0.15) is 5.26 Å². The van der Waals surface area contributed by atoms with E-state index >= 15 is 0 Å². The number of nitriles is 1. The molecule has 1 aliphatic heterocycles. The van der Waals surface area contributed by atoms with E-state index in [2.05, 4.69) is 67.2 Å². The molecule has 6 aromatic rings. The number of imidazole rings is 1. The molecule has 0 atom stereocenters. The second-order valence-electron chi connectivity index (χ2n) is 11.0. The summed E-state index contributed by atoms with van der Waals surface area (Å²) >= 11 is 0. The highest BCUT2D eigenvalue weighted by molar-refractivity contribution is 5.84. The molecular weight excluding hydrogens is 546 g/mol. The number of anilines is 2. The molecule has 0 bridgehead atoms. The molecule has 1 aliphatic rings. The summed E-state index contributed by atoms with van der Waals surface area (Å²) in [6.07, 6.45) is 3.72. The van der Waals surface area contributed by atoms with Crippen molar-refractivity contribution in [2.75, 3.05) is 24.1 Å². The van der Waals surface area contributed by atoms with E-state index in [1.807, 2.05) is 54.6 Å². The van der Waals surface area contributed by atoms with Crippen molar-refractivity contribution in [1.82, 2.24) is 29.4 Å². The topological polar surface area (TPSA) is 122 Å². The molecule has 0 unspecified atom stereocenters. The maximum atomic E-state index is 9.13. The number of nitrogen functional groups attached to an aromatic ring is 1. The largest absolute Gasteiger partial charge is 0.383 e. The maximum absolute atomic E-state index is 9.13. The lowest BCUT2D eigenvalue weighted by molar-refractivity contribution is 0.211. The van der Waals surface area contributed by atoms with E-state index < -0.39 is 0 Å². The summed E-state index contributed by atoms with van der Waals surface area (Å²) in [5, 5.41) is 12.6. The fraction of sp³-hybridized carbons (Fsp3) is 0.171. The maximum Gasteiger partial charge on any atom is 0.165 e. The number of hydrogen-bond acceptors (Lipinski definition) is 8. The number of aromatic nitrogens is 5. The first kappa shape index (κ1) is 27.3. The predicted octanol–water partition coefficient (Wildman–Crippen LogP) is 6.07. The number of piperidine rings is 1. The zero-order valence-electron chi connectivity index (χ0n) is 24.1. The van der Waals surface area contributed by atoms with Gasteiger partial charge in [-0.1, -0.05) is 48.5 Å². The zero-order valence-corrected chi connectivity index (χ0v) is 24.1. The molecule has 9 nitrogen and oxygen atoms in total. The second-order valence-corrected chi connectivity index (χ2v) is 11.0. The molecule has 7 rings (SSSR count). The lowest BCUT2D eigenvalue weighted by Crippen LogP contribution is -2.38. The Labute approximate surface area is 255 Å². The highest BCUT2D eigenvalue weighted by atomic mass is 15.2. The van der Waals surface area contributed by atoms with Crippen LogP contribution in [0.1, 0.15) is 24.1 Å². The minimum atomic E-state index is 0.344. The second kappa shape index (κ2) is 12.0. The molecule has 1 fully saturated rings. The standard InChI is InChI=1S/C35H31N9/c36-22-27-8-4-10-32(40-27)39-26-17-20-43(21-18-26)23-24-11-13-28(14-12-24)44-34(29-9-5-19-38-33(29)37)42-31-16-15-30(41-35(31)44)25-6-2-1-3-7-25/h1-16,19,26H,17-18,20-21,23H2,(H2,37,38)(H,39,40). The zero-order chi connectivity index (χ0) is 29.9. The average molecular weight is 578 g/mol. The van der Waals surface area contributed by atoms with Gasteiger partial charge in [-0.25, -0.2) is 19.9 Å². The van der Waals surface area contributed by atoms with E-state index in [0.29, 0.717) is 23.4 Å². The van der Waals surface area contributed by atoms with Gasteiger partial charge in [0.15, 0.2) is 11.5 Å². The highest BCUT2D eigenvalue weighted by Gasteiger charge is 2.21. The molecule has 3 N–H and O–H groups in total. The minimum Gasteiger partial charge on any atom is -0.383 e. The molecular formula is C35H31N9. The number of benzene rings is 2. The third kappa shape index (κ3) is 5.59. The number of likely N-dealkylation sites (tertiary alicyclic amines) is 1. The van der Waals surface area contributed by atoms with Crippen LogP contribution in [0, 0.1) is 11.3 Å². The Morgan fingerprint density at radius 1 is 0.841 bits per heavy atom. The third-order valence-electron chi connectivity index (χ3n) is 8.06. The molecule has 5 heterocycles. The Bertz CT molecular complexity index is 1950. The van der Waals surface area contributed by atoms with Gasteiger partial charge in [-0.3, -0.25) is 9.47 Å². The summed E-state index contributed by atoms with van der Waals surface area (Å²) in [6.45, 7) is 2.85. The number of pyridine rings is 3. The van der Waals surface area contributed by atoms with Crippen LogP contribution in [0.15, 0.2) is 103 Å². The van der Waals surface area contributed by atoms with Crippen LogP contribution in [0.3, 0.4) is 0 Å². The smallest absolute Gasteiger partial charge is 0.165 e. The molecule has 0 spiro atoms. The van der Waals surface area contributed by atoms with Crippen molar-refractivity contribution in [3.05, 3.63) is 115 Å². The van der Waals surface area contributed by atoms with Crippen LogP contribution in [-0.2, 0) is 6.54 Å². The Morgan fingerprint density at radius 3 is 2.43 bits per heavy atom. The van der Waals surface area contributed by atoms with Gasteiger partial charge in [0.2, 0.25) is 0 Å². The fourth-order valence-electron chi connectivity index (χ4n) is 5.79. The molecule has 0 aliphatic carbocycles. The van der Waals surface area contributed by atoms with Gasteiger partial charge in [0.1, 0.15) is 28.9 Å². The Balaban J connectivity index is 1.13. The normalized spacial score (nSPS) is 14.0. The van der Waals surface area contributed by atoms with E-state index in [9.17, 15) is 0 Å². The number of rotatable bonds is 7. The van der Waals surface area contributed by atoms with Crippen LogP contribution in [0.2, 0.25) is 0 Å². The van der Waals surface area contributed by atoms with Crippen LogP contribution >= 0.6 is 0 Å². The number of fused-ring (bicyclic) bond motifs is 1. The molecule has 0 amide bonds. The van der Waals surface area contributed by atoms with Crippen LogP contribution in [0.4, 0.5) is 11.6 Å². The van der Waals surface area contributed by atoms with Crippen LogP contribution in [0.5, 0.6) is 0 Å². The molecule has 4 aromatic heterocycles. The first-order chi connectivity index (χ1) is 21.6. The van der Waals surface area contributed by atoms with Crippen molar-refractivity contribution in [3.63, 3.8) is 0 Å². The van der Waals surface area contributed by atoms with Crippen molar-refractivity contribution in [1.29, 1.82) is 5.26 Å². The SMILES string of the molecule is N#Cc1cccc(NC2CCN(Cc3ccc(-n4c(-c5cccnc5N)nc5ccc(-c6ccccc6)nc54)cc3)CC2)n1. The van der Waals surface area contributed by atoms with Gasteiger partial charge >= 0.3 is 0 Å². The predicted molar refractivity (Wildman–Crippen MR) is 173 cm³/mol. The summed E-state index contributed by atoms with van der Waals surface area (Å²) in [5.74, 6) is 1.90. The minimum absolute atomic E-state index is 0.344. The van der Waals surface area contributed by atoms with Crippen molar-refractivity contribution in [2.45, 2.75) is 25.4 Å². The molecule has 2 aromatic carbocycles. The van der Waals surface area contributed by atoms with Gasteiger partial charge in [0, 0.05) is 43.1 Å². The van der Waals surface area contributed by atoms with Crippen LogP contribution < -0.4 is 11.1 Å². The molecule has 0 radical (unpaired) electrons. The number of hydrogen-bond donors (Lipinski definition) is 2. The first-order valence-corrected chi connectivity index (χ1v) is 14.8. The van der Waals surface area contributed by atoms with Gasteiger partial charge in [0.05, 0.1) is 11.3 Å². The summed E-state index contributed by atoms with van der Waals surface area (Å²) in [6, 6.07) is 34.6. The summed E-state index contributed by atoms with van der Waals surface area (Å²) in [5.41, 5.74) is 13.2. The number of nitrogens with one attached hydrogen (secondary N) is 1. The summed E-state index contributed by atoms with van der Waals surface area (Å²) in [4.78, 5) is 21.2. The lowest BCUT2D eigenvalue weighted by Gasteiger charge is -2.32. The monoisotopic (exact) mass is 577 g/mol. The first-order valence-electron chi connectivity index (χ1n) is 14.8. The summed E-state index contributed by atoms with van der Waals surface area (Å²) < 4.78 is 2.07. The van der Waals surface area contributed by atoms with Crippen LogP contribution in [0.25, 0.3) is 39.5 Å². The molecule has 44 heavy (non-hydrogen) atoms. The van der Waals surface area contributed by atoms with E-state index in [1.54, 1.807) is 12.3 Å². The van der Waals surface area contributed by atoms with Gasteiger partial charge < -0.3 is 11.1 Å². The van der Waals surface area contributed by atoms with Gasteiger partial charge in [-0.05, 0) is 66.9 Å². The Hall–Kier alpha value is -5.59. The Kier molecular flexibility index (Phi) is 7.41. The van der Waals surface area contributed by atoms with Crippen LogP contribution in [-0.4, -0.2) is 48.5 Å². The molecule has 1 saturated heterocycles. The fourth-order valence-corrected chi connectivity index (χ4v) is 5.79. The van der Waals surface area contributed by atoms with Crippen molar-refractivity contribution in [2.24, 2.45) is 0 Å². The number of nitrogens with two attached hydrogens (primary N) is 1. The van der Waals surface area contributed by atoms with E-state index in [1.165, 1.54) is 5.56 Å². The summed E-state index contributed by atoms with van der Waals surface area (Å²) in [7, 11) is 0. The van der Waals surface area contributed by atoms with Crippen molar-refractivity contribution in [3.8, 4) is 34.4 Å². The Morgan fingerprint density at radius 2 is 1.66 bits per heavy atom. The molecule has 216 valence electrons. The third-order valence-corrected chi connectivity index (χ3v) is 8.06. The number of nitrogens with zero attached hydrogens (tertiary/aromatic N) is 7. The molecule has 0 saturated carbocycles.